The fourth-order valence-corrected chi connectivity index (χ4v) is 3.32. The molecule has 0 aliphatic carbocycles. The molecule has 1 N–H and O–H groups in total. The van der Waals surface area contributed by atoms with Crippen molar-refractivity contribution in [1.82, 2.24) is 10.3 Å². The minimum Gasteiger partial charge on any atom is -0.368 e. The number of hydrogen-bond donors (Lipinski definition) is 1. The van der Waals surface area contributed by atoms with Gasteiger partial charge in [0.05, 0.1) is 5.56 Å². The van der Waals surface area contributed by atoms with Crippen LogP contribution in [0.15, 0.2) is 36.5 Å². The number of benzene rings is 1. The van der Waals surface area contributed by atoms with Gasteiger partial charge in [-0.2, -0.15) is 0 Å². The summed E-state index contributed by atoms with van der Waals surface area (Å²) in [7, 11) is 0. The first-order valence-corrected chi connectivity index (χ1v) is 8.91. The summed E-state index contributed by atoms with van der Waals surface area (Å²) in [4.78, 5) is 21.4. The molecule has 0 atom stereocenters. The van der Waals surface area contributed by atoms with Crippen LogP contribution in [-0.2, 0) is 0 Å². The Morgan fingerprint density at radius 2 is 1.80 bits per heavy atom. The molecule has 25 heavy (non-hydrogen) atoms. The van der Waals surface area contributed by atoms with Crippen molar-refractivity contribution in [3.05, 3.63) is 53.2 Å². The lowest BCUT2D eigenvalue weighted by molar-refractivity contribution is 0.0956. The van der Waals surface area contributed by atoms with Crippen molar-refractivity contribution >= 4 is 17.4 Å². The summed E-state index contributed by atoms with van der Waals surface area (Å²) in [5.41, 5.74) is 4.63. The van der Waals surface area contributed by atoms with Crippen molar-refractivity contribution in [2.45, 2.75) is 20.8 Å². The van der Waals surface area contributed by atoms with Crippen LogP contribution < -0.4 is 15.1 Å². The number of pyridine rings is 1. The van der Waals surface area contributed by atoms with Crippen LogP contribution in [0.25, 0.3) is 0 Å². The Kier molecular flexibility index (Phi) is 5.22. The van der Waals surface area contributed by atoms with E-state index in [1.54, 1.807) is 6.20 Å². The van der Waals surface area contributed by atoms with Gasteiger partial charge in [0.15, 0.2) is 0 Å². The smallest absolute Gasteiger partial charge is 0.255 e. The first kappa shape index (κ1) is 17.3. The second kappa shape index (κ2) is 7.55. The Morgan fingerprint density at radius 3 is 2.52 bits per heavy atom. The van der Waals surface area contributed by atoms with Crippen molar-refractivity contribution < 1.29 is 4.79 Å². The molecule has 0 saturated carbocycles. The highest BCUT2D eigenvalue weighted by atomic mass is 16.1. The predicted octanol–water partition coefficient (Wildman–Crippen LogP) is 2.77. The zero-order valence-corrected chi connectivity index (χ0v) is 15.2. The maximum Gasteiger partial charge on any atom is 0.255 e. The van der Waals surface area contributed by atoms with Gasteiger partial charge in [0.25, 0.3) is 5.91 Å². The molecule has 2 heterocycles. The summed E-state index contributed by atoms with van der Waals surface area (Å²) in [6.45, 7) is 10.5. The van der Waals surface area contributed by atoms with Gasteiger partial charge in [-0.15, -0.1) is 0 Å². The van der Waals surface area contributed by atoms with E-state index in [0.29, 0.717) is 12.1 Å². The van der Waals surface area contributed by atoms with E-state index in [0.717, 1.165) is 32.0 Å². The lowest BCUT2D eigenvalue weighted by atomic mass is 10.1. The van der Waals surface area contributed by atoms with Crippen LogP contribution in [0.5, 0.6) is 0 Å². The summed E-state index contributed by atoms with van der Waals surface area (Å²) in [6, 6.07) is 10.1. The Bertz CT molecular complexity index is 751. The molecule has 1 aromatic carbocycles. The molecule has 1 saturated heterocycles. The molecule has 5 nitrogen and oxygen atoms in total. The third kappa shape index (κ3) is 3.60. The highest BCUT2D eigenvalue weighted by molar-refractivity contribution is 5.98. The van der Waals surface area contributed by atoms with Crippen molar-refractivity contribution in [2.24, 2.45) is 0 Å². The average molecular weight is 338 g/mol. The SMILES string of the molecule is CCNC(=O)c1cccnc1N1CCN(c2cccc(C)c2C)CC1. The standard InChI is InChI=1S/C20H26N4O/c1-4-21-20(25)17-8-6-10-22-19(17)24-13-11-23(12-14-24)18-9-5-7-15(2)16(18)3/h5-10H,4,11-14H2,1-3H3,(H,21,25). The fraction of sp³-hybridized carbons (Fsp3) is 0.400. The topological polar surface area (TPSA) is 48.5 Å². The number of anilines is 2. The monoisotopic (exact) mass is 338 g/mol. The largest absolute Gasteiger partial charge is 0.368 e. The molecule has 5 heteroatoms. The molecule has 0 radical (unpaired) electrons. The van der Waals surface area contributed by atoms with E-state index in [9.17, 15) is 4.79 Å². The molecule has 1 amide bonds. The third-order valence-electron chi connectivity index (χ3n) is 4.86. The van der Waals surface area contributed by atoms with Crippen LogP contribution in [-0.4, -0.2) is 43.6 Å². The van der Waals surface area contributed by atoms with E-state index >= 15 is 0 Å². The van der Waals surface area contributed by atoms with Crippen molar-refractivity contribution in [2.75, 3.05) is 42.5 Å². The maximum atomic E-state index is 12.3. The second-order valence-corrected chi connectivity index (χ2v) is 6.43. The van der Waals surface area contributed by atoms with Gasteiger partial charge in [-0.3, -0.25) is 4.79 Å². The minimum atomic E-state index is -0.0532. The van der Waals surface area contributed by atoms with Gasteiger partial charge in [0.1, 0.15) is 5.82 Å². The predicted molar refractivity (Wildman–Crippen MR) is 103 cm³/mol. The molecular formula is C20H26N4O. The average Bonchev–Trinajstić information content (AvgIpc) is 2.64. The third-order valence-corrected chi connectivity index (χ3v) is 4.86. The van der Waals surface area contributed by atoms with Gasteiger partial charge in [0.2, 0.25) is 0 Å². The Labute approximate surface area is 149 Å². The van der Waals surface area contributed by atoms with Crippen LogP contribution in [0.1, 0.15) is 28.4 Å². The van der Waals surface area contributed by atoms with Gasteiger partial charge in [-0.25, -0.2) is 4.98 Å². The van der Waals surface area contributed by atoms with Gasteiger partial charge in [-0.05, 0) is 50.1 Å². The van der Waals surface area contributed by atoms with Crippen molar-refractivity contribution in [1.29, 1.82) is 0 Å². The zero-order valence-electron chi connectivity index (χ0n) is 15.2. The molecule has 1 fully saturated rings. The fourth-order valence-electron chi connectivity index (χ4n) is 3.32. The Hall–Kier alpha value is -2.56. The molecule has 1 aliphatic heterocycles. The maximum absolute atomic E-state index is 12.3. The van der Waals surface area contributed by atoms with E-state index in [-0.39, 0.29) is 5.91 Å². The van der Waals surface area contributed by atoms with Gasteiger partial charge in [0, 0.05) is 44.6 Å². The van der Waals surface area contributed by atoms with Crippen molar-refractivity contribution in [3.8, 4) is 0 Å². The summed E-state index contributed by atoms with van der Waals surface area (Å²) in [6.07, 6.45) is 1.76. The molecule has 132 valence electrons. The van der Waals surface area contributed by atoms with Crippen LogP contribution in [0, 0.1) is 13.8 Å². The normalized spacial score (nSPS) is 14.5. The highest BCUT2D eigenvalue weighted by Crippen LogP contribution is 2.26. The number of amides is 1. The summed E-state index contributed by atoms with van der Waals surface area (Å²) in [5.74, 6) is 0.733. The van der Waals surface area contributed by atoms with Gasteiger partial charge in [-0.1, -0.05) is 12.1 Å². The van der Waals surface area contributed by atoms with E-state index in [2.05, 4.69) is 52.1 Å². The van der Waals surface area contributed by atoms with Crippen LogP contribution >= 0.6 is 0 Å². The summed E-state index contributed by atoms with van der Waals surface area (Å²) in [5, 5.41) is 2.87. The van der Waals surface area contributed by atoms with Crippen LogP contribution in [0.4, 0.5) is 11.5 Å². The first-order chi connectivity index (χ1) is 12.1. The minimum absolute atomic E-state index is 0.0532. The molecule has 1 aromatic heterocycles. The van der Waals surface area contributed by atoms with Crippen LogP contribution in [0.2, 0.25) is 0 Å². The number of rotatable bonds is 4. The number of piperazine rings is 1. The zero-order chi connectivity index (χ0) is 17.8. The molecule has 0 spiro atoms. The molecule has 0 bridgehead atoms. The number of aromatic nitrogens is 1. The number of carbonyl (C=O) groups excluding carboxylic acids is 1. The number of nitrogens with zero attached hydrogens (tertiary/aromatic N) is 3. The number of nitrogens with one attached hydrogen (secondary N) is 1. The number of aryl methyl sites for hydroxylation is 1. The van der Waals surface area contributed by atoms with E-state index < -0.39 is 0 Å². The van der Waals surface area contributed by atoms with Gasteiger partial charge >= 0.3 is 0 Å². The molecule has 3 rings (SSSR count). The van der Waals surface area contributed by atoms with Crippen LogP contribution in [0.3, 0.4) is 0 Å². The second-order valence-electron chi connectivity index (χ2n) is 6.43. The van der Waals surface area contributed by atoms with E-state index in [1.807, 2.05) is 19.1 Å². The number of hydrogen-bond acceptors (Lipinski definition) is 4. The molecule has 0 unspecified atom stereocenters. The summed E-state index contributed by atoms with van der Waals surface area (Å²) >= 11 is 0. The molecule has 1 aliphatic rings. The Balaban J connectivity index is 1.75. The quantitative estimate of drug-likeness (QED) is 0.931. The number of carbonyl (C=O) groups is 1. The van der Waals surface area contributed by atoms with E-state index in [4.69, 9.17) is 0 Å². The lowest BCUT2D eigenvalue weighted by Gasteiger charge is -2.38. The highest BCUT2D eigenvalue weighted by Gasteiger charge is 2.23. The van der Waals surface area contributed by atoms with Gasteiger partial charge < -0.3 is 15.1 Å². The lowest BCUT2D eigenvalue weighted by Crippen LogP contribution is -2.47. The first-order valence-electron chi connectivity index (χ1n) is 8.91. The summed E-state index contributed by atoms with van der Waals surface area (Å²) < 4.78 is 0. The molecule has 2 aromatic rings. The molecular weight excluding hydrogens is 312 g/mol. The van der Waals surface area contributed by atoms with E-state index in [1.165, 1.54) is 16.8 Å². The van der Waals surface area contributed by atoms with Crippen molar-refractivity contribution in [3.63, 3.8) is 0 Å². The Morgan fingerprint density at radius 1 is 1.08 bits per heavy atom.